The second kappa shape index (κ2) is 6.97. The number of hydrogen-bond acceptors (Lipinski definition) is 1. The van der Waals surface area contributed by atoms with E-state index in [1.807, 2.05) is 0 Å². The van der Waals surface area contributed by atoms with E-state index in [2.05, 4.69) is 55.0 Å². The van der Waals surface area contributed by atoms with Crippen LogP contribution in [0.5, 0.6) is 0 Å². The van der Waals surface area contributed by atoms with E-state index in [1.165, 1.54) is 63.2 Å². The smallest absolute Gasteiger partial charge is 0.126 e. The van der Waals surface area contributed by atoms with Crippen molar-refractivity contribution in [1.82, 2.24) is 0 Å². The molecule has 10 unspecified atom stereocenters. The fourth-order valence-electron chi connectivity index (χ4n) is 11.6. The van der Waals surface area contributed by atoms with Gasteiger partial charge >= 0.3 is 0 Å². The maximum Gasteiger partial charge on any atom is 0.126 e. The molecule has 5 aliphatic carbocycles. The molecule has 0 spiro atoms. The van der Waals surface area contributed by atoms with E-state index in [1.54, 1.807) is 0 Å². The van der Waals surface area contributed by atoms with Gasteiger partial charge in [0.2, 0.25) is 0 Å². The van der Waals surface area contributed by atoms with Crippen LogP contribution in [0.15, 0.2) is 12.2 Å². The molecule has 1 heteroatoms. The minimum Gasteiger partial charge on any atom is -0.303 e. The summed E-state index contributed by atoms with van der Waals surface area (Å²) in [4.78, 5) is 12.6. The molecule has 0 heterocycles. The van der Waals surface area contributed by atoms with Crippen LogP contribution in [-0.4, -0.2) is 6.29 Å². The van der Waals surface area contributed by atoms with Crippen molar-refractivity contribution >= 4 is 6.29 Å². The van der Waals surface area contributed by atoms with Crippen LogP contribution in [0.1, 0.15) is 113 Å². The van der Waals surface area contributed by atoms with E-state index in [0.717, 1.165) is 30.6 Å². The monoisotopic (exact) mass is 438 g/mol. The van der Waals surface area contributed by atoms with E-state index < -0.39 is 0 Å². The first kappa shape index (κ1) is 23.2. The summed E-state index contributed by atoms with van der Waals surface area (Å²) in [6, 6.07) is 0. The van der Waals surface area contributed by atoms with Gasteiger partial charge in [-0.05, 0) is 128 Å². The van der Waals surface area contributed by atoms with Crippen molar-refractivity contribution in [2.75, 3.05) is 0 Å². The minimum absolute atomic E-state index is 0.0552. The van der Waals surface area contributed by atoms with Gasteiger partial charge in [-0.25, -0.2) is 0 Å². The quantitative estimate of drug-likeness (QED) is 0.312. The lowest BCUT2D eigenvalue weighted by molar-refractivity contribution is -0.239. The number of carbonyl (C=O) groups excluding carboxylic acids is 1. The van der Waals surface area contributed by atoms with E-state index in [0.29, 0.717) is 39.4 Å². The fraction of sp³-hybridized carbons (Fsp3) is 0.903. The molecule has 0 aliphatic heterocycles. The third-order valence-electron chi connectivity index (χ3n) is 13.9. The van der Waals surface area contributed by atoms with Gasteiger partial charge in [0.05, 0.1) is 0 Å². The Bertz CT molecular complexity index is 809. The molecule has 0 saturated heterocycles. The average molecular weight is 439 g/mol. The van der Waals surface area contributed by atoms with Crippen molar-refractivity contribution < 1.29 is 4.79 Å². The van der Waals surface area contributed by atoms with Gasteiger partial charge in [-0.2, -0.15) is 0 Å². The van der Waals surface area contributed by atoms with Crippen LogP contribution in [0.3, 0.4) is 0 Å². The number of aldehydes is 1. The molecule has 0 radical (unpaired) electrons. The summed E-state index contributed by atoms with van der Waals surface area (Å²) in [6.07, 6.45) is 14.5. The molecule has 0 N–H and O–H groups in total. The van der Waals surface area contributed by atoms with Gasteiger partial charge in [-0.15, -0.1) is 0 Å². The molecule has 5 fully saturated rings. The highest BCUT2D eigenvalue weighted by Crippen LogP contribution is 2.77. The van der Waals surface area contributed by atoms with E-state index in [-0.39, 0.29) is 5.41 Å². The maximum absolute atomic E-state index is 12.6. The third-order valence-corrected chi connectivity index (χ3v) is 13.9. The Balaban J connectivity index is 1.56. The highest BCUT2D eigenvalue weighted by Gasteiger charge is 2.70. The summed E-state index contributed by atoms with van der Waals surface area (Å²) in [6.45, 7) is 22.5. The normalized spacial score (nSPS) is 56.3. The minimum atomic E-state index is -0.0552. The molecule has 10 atom stereocenters. The predicted octanol–water partition coefficient (Wildman–Crippen LogP) is 8.48. The van der Waals surface area contributed by atoms with Crippen LogP contribution in [0.2, 0.25) is 0 Å². The van der Waals surface area contributed by atoms with Crippen LogP contribution >= 0.6 is 0 Å². The first-order valence-corrected chi connectivity index (χ1v) is 14.0. The predicted molar refractivity (Wildman–Crippen MR) is 134 cm³/mol. The zero-order valence-electron chi connectivity index (χ0n) is 22.2. The summed E-state index contributed by atoms with van der Waals surface area (Å²) in [5.41, 5.74) is 3.01. The van der Waals surface area contributed by atoms with Crippen molar-refractivity contribution in [3.63, 3.8) is 0 Å². The van der Waals surface area contributed by atoms with Gasteiger partial charge in [0, 0.05) is 5.41 Å². The van der Waals surface area contributed by atoms with Gasteiger partial charge in [-0.1, -0.05) is 53.7 Å². The molecule has 180 valence electrons. The number of fused-ring (bicyclic) bond motifs is 7. The summed E-state index contributed by atoms with van der Waals surface area (Å²) in [5.74, 6) is 4.35. The van der Waals surface area contributed by atoms with Gasteiger partial charge < -0.3 is 4.79 Å². The first-order chi connectivity index (χ1) is 14.9. The second-order valence-electron chi connectivity index (χ2n) is 14.8. The molecule has 0 aromatic heterocycles. The molecule has 0 aromatic rings. The van der Waals surface area contributed by atoms with Gasteiger partial charge in [-0.3, -0.25) is 0 Å². The van der Waals surface area contributed by atoms with Gasteiger partial charge in [0.25, 0.3) is 0 Å². The molecule has 5 aliphatic rings. The molecule has 5 rings (SSSR count). The summed E-state index contributed by atoms with van der Waals surface area (Å²) >= 11 is 0. The van der Waals surface area contributed by atoms with Crippen LogP contribution in [-0.2, 0) is 4.79 Å². The van der Waals surface area contributed by atoms with E-state index >= 15 is 0 Å². The van der Waals surface area contributed by atoms with Crippen molar-refractivity contribution in [3.05, 3.63) is 12.2 Å². The SMILES string of the molecule is C=C(C)C1CCC2(C=O)CCC3(C)C(CCC4C5(C)CCC(C)C(C)(C)C5CCC43C)C12. The lowest BCUT2D eigenvalue weighted by Crippen LogP contribution is -2.66. The van der Waals surface area contributed by atoms with Crippen molar-refractivity contribution in [2.45, 2.75) is 113 Å². The van der Waals surface area contributed by atoms with E-state index in [9.17, 15) is 4.79 Å². The largest absolute Gasteiger partial charge is 0.303 e. The van der Waals surface area contributed by atoms with Crippen molar-refractivity contribution in [1.29, 1.82) is 0 Å². The molecule has 0 aromatic carbocycles. The molecule has 0 bridgehead atoms. The average Bonchev–Trinajstić information content (AvgIpc) is 3.12. The number of hydrogen-bond donors (Lipinski definition) is 0. The first-order valence-electron chi connectivity index (χ1n) is 14.0. The maximum atomic E-state index is 12.6. The second-order valence-corrected chi connectivity index (χ2v) is 14.8. The number of carbonyl (C=O) groups is 1. The van der Waals surface area contributed by atoms with Crippen LogP contribution in [0.25, 0.3) is 0 Å². The molecule has 32 heavy (non-hydrogen) atoms. The fourth-order valence-corrected chi connectivity index (χ4v) is 11.6. The topological polar surface area (TPSA) is 17.1 Å². The van der Waals surface area contributed by atoms with E-state index in [4.69, 9.17) is 0 Å². The number of rotatable bonds is 2. The highest BCUT2D eigenvalue weighted by molar-refractivity contribution is 5.62. The zero-order valence-corrected chi connectivity index (χ0v) is 22.2. The Morgan fingerprint density at radius 3 is 2.19 bits per heavy atom. The summed E-state index contributed by atoms with van der Waals surface area (Å²) < 4.78 is 0. The summed E-state index contributed by atoms with van der Waals surface area (Å²) in [5, 5.41) is 0. The Hall–Kier alpha value is -0.590. The van der Waals surface area contributed by atoms with Crippen LogP contribution in [0, 0.1) is 62.6 Å². The molecule has 1 nitrogen and oxygen atoms in total. The number of allylic oxidation sites excluding steroid dienone is 1. The van der Waals surface area contributed by atoms with Crippen LogP contribution in [0.4, 0.5) is 0 Å². The molecular formula is C31H50O. The summed E-state index contributed by atoms with van der Waals surface area (Å²) in [7, 11) is 0. The third kappa shape index (κ3) is 2.61. The Morgan fingerprint density at radius 2 is 1.53 bits per heavy atom. The lowest BCUT2D eigenvalue weighted by Gasteiger charge is -2.73. The molecule has 5 saturated carbocycles. The Labute approximate surface area is 198 Å². The molecular weight excluding hydrogens is 388 g/mol. The van der Waals surface area contributed by atoms with Crippen molar-refractivity contribution in [2.24, 2.45) is 62.6 Å². The van der Waals surface area contributed by atoms with Gasteiger partial charge in [0.1, 0.15) is 6.29 Å². The molecule has 0 amide bonds. The Kier molecular flexibility index (Phi) is 5.05. The van der Waals surface area contributed by atoms with Crippen molar-refractivity contribution in [3.8, 4) is 0 Å². The van der Waals surface area contributed by atoms with Crippen LogP contribution < -0.4 is 0 Å². The lowest BCUT2D eigenvalue weighted by atomic mass is 9.32. The Morgan fingerprint density at radius 1 is 0.812 bits per heavy atom. The highest BCUT2D eigenvalue weighted by atomic mass is 16.1. The van der Waals surface area contributed by atoms with Gasteiger partial charge in [0.15, 0.2) is 0 Å². The standard InChI is InChI=1S/C31H50O/c1-20(2)22-12-16-31(19-32)18-17-29(7)23(26(22)31)9-10-25-28(6)14-11-21(3)27(4,5)24(28)13-15-30(25,29)8/h19,21-26H,1,9-18H2,2-8H3. The zero-order chi connectivity index (χ0) is 23.3.